The predicted molar refractivity (Wildman–Crippen MR) is 145 cm³/mol. The zero-order valence-corrected chi connectivity index (χ0v) is 22.7. The minimum atomic E-state index is -3.84. The van der Waals surface area contributed by atoms with Crippen molar-refractivity contribution in [2.24, 2.45) is 0 Å². The van der Waals surface area contributed by atoms with Crippen LogP contribution >= 0.6 is 11.6 Å². The van der Waals surface area contributed by atoms with Gasteiger partial charge in [0.05, 0.1) is 29.8 Å². The molecule has 9 nitrogen and oxygen atoms in total. The molecule has 1 fully saturated rings. The first-order chi connectivity index (χ1) is 17.5. The summed E-state index contributed by atoms with van der Waals surface area (Å²) in [6, 6.07) is 14.7. The summed E-state index contributed by atoms with van der Waals surface area (Å²) in [5.74, 6) is 1.01. The summed E-state index contributed by atoms with van der Waals surface area (Å²) >= 11 is 5.99. The standard InChI is InChI=1S/C26H30ClN5O4S/c1-17-16-36-14-13-32(17)23-15-22(26(2,3)37(34,35)21-11-7-19(27)8-12-21)30-24(31-23)18-5-9-20(10-6-18)29-25(33)28-4/h5-12,15,17H,13-14,16H2,1-4H3,(H2,28,29,33)/t17-/m0/s1. The maximum atomic E-state index is 13.8. The molecule has 37 heavy (non-hydrogen) atoms. The number of nitrogens with zero attached hydrogens (tertiary/aromatic N) is 3. The molecule has 4 rings (SSSR count). The number of urea groups is 1. The first kappa shape index (κ1) is 26.8. The van der Waals surface area contributed by atoms with Crippen LogP contribution in [0.2, 0.25) is 5.02 Å². The fourth-order valence-corrected chi connectivity index (χ4v) is 5.62. The fraction of sp³-hybridized carbons (Fsp3) is 0.346. The third-order valence-electron chi connectivity index (χ3n) is 6.42. The van der Waals surface area contributed by atoms with Crippen LogP contribution in [0.5, 0.6) is 0 Å². The molecule has 0 spiro atoms. The number of morpholine rings is 1. The van der Waals surface area contributed by atoms with Gasteiger partial charge >= 0.3 is 6.03 Å². The highest BCUT2D eigenvalue weighted by atomic mass is 35.5. The van der Waals surface area contributed by atoms with Crippen LogP contribution in [-0.4, -0.2) is 57.3 Å². The summed E-state index contributed by atoms with van der Waals surface area (Å²) in [7, 11) is -2.30. The van der Waals surface area contributed by atoms with Gasteiger partial charge in [-0.1, -0.05) is 11.6 Å². The maximum absolute atomic E-state index is 13.8. The van der Waals surface area contributed by atoms with E-state index < -0.39 is 14.6 Å². The number of carbonyl (C=O) groups is 1. The van der Waals surface area contributed by atoms with Crippen LogP contribution in [0, 0.1) is 0 Å². The second kappa shape index (κ2) is 10.6. The molecule has 196 valence electrons. The zero-order chi connectivity index (χ0) is 26.8. The van der Waals surface area contributed by atoms with Gasteiger partial charge in [-0.3, -0.25) is 0 Å². The molecule has 1 aliphatic rings. The lowest BCUT2D eigenvalue weighted by atomic mass is 10.1. The highest BCUT2D eigenvalue weighted by molar-refractivity contribution is 7.92. The Hall–Kier alpha value is -3.21. The molecule has 1 aliphatic heterocycles. The van der Waals surface area contributed by atoms with Gasteiger partial charge in [0, 0.05) is 35.9 Å². The molecule has 0 bridgehead atoms. The Morgan fingerprint density at radius 3 is 2.41 bits per heavy atom. The van der Waals surface area contributed by atoms with Crippen molar-refractivity contribution in [3.63, 3.8) is 0 Å². The SMILES string of the molecule is CNC(=O)Nc1ccc(-c2nc(N3CCOC[C@@H]3C)cc(C(C)(C)S(=O)(=O)c3ccc(Cl)cc3)n2)cc1. The van der Waals surface area contributed by atoms with E-state index in [4.69, 9.17) is 26.3 Å². The topological polar surface area (TPSA) is 114 Å². The fourth-order valence-electron chi connectivity index (χ4n) is 4.03. The van der Waals surface area contributed by atoms with Crippen LogP contribution in [0.25, 0.3) is 11.4 Å². The largest absolute Gasteiger partial charge is 0.377 e. The average molecular weight is 544 g/mol. The van der Waals surface area contributed by atoms with Crippen molar-refractivity contribution in [1.29, 1.82) is 0 Å². The summed E-state index contributed by atoms with van der Waals surface area (Å²) in [4.78, 5) is 23.5. The smallest absolute Gasteiger partial charge is 0.318 e. The quantitative estimate of drug-likeness (QED) is 0.471. The normalized spacial score (nSPS) is 16.4. The number of ether oxygens (including phenoxy) is 1. The van der Waals surface area contributed by atoms with Crippen molar-refractivity contribution < 1.29 is 17.9 Å². The molecule has 11 heteroatoms. The molecule has 0 radical (unpaired) electrons. The first-order valence-corrected chi connectivity index (χ1v) is 13.7. The van der Waals surface area contributed by atoms with Crippen molar-refractivity contribution in [1.82, 2.24) is 15.3 Å². The van der Waals surface area contributed by atoms with E-state index in [9.17, 15) is 13.2 Å². The van der Waals surface area contributed by atoms with Gasteiger partial charge in [0.1, 0.15) is 10.6 Å². The van der Waals surface area contributed by atoms with Crippen LogP contribution in [-0.2, 0) is 19.3 Å². The molecular formula is C26H30ClN5O4S. The Bertz CT molecular complexity index is 1380. The van der Waals surface area contributed by atoms with Crippen molar-refractivity contribution in [3.05, 3.63) is 65.3 Å². The molecule has 0 aliphatic carbocycles. The van der Waals surface area contributed by atoms with Crippen molar-refractivity contribution >= 4 is 39.0 Å². The van der Waals surface area contributed by atoms with Gasteiger partial charge in [-0.2, -0.15) is 0 Å². The van der Waals surface area contributed by atoms with Gasteiger partial charge in [-0.15, -0.1) is 0 Å². The lowest BCUT2D eigenvalue weighted by molar-refractivity contribution is 0.0985. The number of rotatable bonds is 6. The molecular weight excluding hydrogens is 514 g/mol. The lowest BCUT2D eigenvalue weighted by Crippen LogP contribution is -2.44. The van der Waals surface area contributed by atoms with Gasteiger partial charge in [-0.25, -0.2) is 23.2 Å². The number of sulfone groups is 1. The van der Waals surface area contributed by atoms with Crippen LogP contribution < -0.4 is 15.5 Å². The molecule has 2 aromatic carbocycles. The minimum absolute atomic E-state index is 0.0551. The summed E-state index contributed by atoms with van der Waals surface area (Å²) in [5, 5.41) is 5.68. The summed E-state index contributed by atoms with van der Waals surface area (Å²) < 4.78 is 31.7. The average Bonchev–Trinajstić information content (AvgIpc) is 2.89. The number of hydrogen-bond acceptors (Lipinski definition) is 7. The monoisotopic (exact) mass is 543 g/mol. The van der Waals surface area contributed by atoms with Gasteiger partial charge in [0.2, 0.25) is 0 Å². The van der Waals surface area contributed by atoms with Gasteiger partial charge in [-0.05, 0) is 69.3 Å². The predicted octanol–water partition coefficient (Wildman–Crippen LogP) is 4.48. The molecule has 0 unspecified atom stereocenters. The summed E-state index contributed by atoms with van der Waals surface area (Å²) in [6.07, 6.45) is 0. The van der Waals surface area contributed by atoms with Crippen LogP contribution in [0.3, 0.4) is 0 Å². The number of amides is 2. The van der Waals surface area contributed by atoms with Gasteiger partial charge in [0.15, 0.2) is 15.7 Å². The van der Waals surface area contributed by atoms with Crippen molar-refractivity contribution in [2.75, 3.05) is 37.0 Å². The zero-order valence-electron chi connectivity index (χ0n) is 21.2. The number of aromatic nitrogens is 2. The Morgan fingerprint density at radius 1 is 1.11 bits per heavy atom. The van der Waals surface area contributed by atoms with E-state index in [-0.39, 0.29) is 17.0 Å². The second-order valence-electron chi connectivity index (χ2n) is 9.30. The van der Waals surface area contributed by atoms with Crippen molar-refractivity contribution in [2.45, 2.75) is 36.5 Å². The molecule has 1 atom stereocenters. The third-order valence-corrected chi connectivity index (χ3v) is 9.11. The van der Waals surface area contributed by atoms with E-state index in [1.54, 1.807) is 56.3 Å². The highest BCUT2D eigenvalue weighted by Crippen LogP contribution is 2.37. The number of anilines is 2. The van der Waals surface area contributed by atoms with E-state index >= 15 is 0 Å². The number of halogens is 1. The van der Waals surface area contributed by atoms with E-state index in [0.717, 1.165) is 0 Å². The Kier molecular flexibility index (Phi) is 7.72. The van der Waals surface area contributed by atoms with Crippen LogP contribution in [0.4, 0.5) is 16.3 Å². The Morgan fingerprint density at radius 2 is 1.78 bits per heavy atom. The molecule has 1 aromatic heterocycles. The second-order valence-corrected chi connectivity index (χ2v) is 12.2. The van der Waals surface area contributed by atoms with Crippen LogP contribution in [0.1, 0.15) is 26.5 Å². The van der Waals surface area contributed by atoms with Gasteiger partial charge < -0.3 is 20.3 Å². The first-order valence-electron chi connectivity index (χ1n) is 11.9. The van der Waals surface area contributed by atoms with Crippen LogP contribution in [0.15, 0.2) is 59.5 Å². The summed E-state index contributed by atoms with van der Waals surface area (Å²) in [5.41, 5.74) is 1.66. The lowest BCUT2D eigenvalue weighted by Gasteiger charge is -2.35. The van der Waals surface area contributed by atoms with E-state index in [1.165, 1.54) is 19.2 Å². The number of carbonyl (C=O) groups excluding carboxylic acids is 1. The molecule has 0 saturated carbocycles. The molecule has 3 aromatic rings. The molecule has 2 N–H and O–H groups in total. The Balaban J connectivity index is 1.81. The number of hydrogen-bond donors (Lipinski definition) is 2. The van der Waals surface area contributed by atoms with Crippen molar-refractivity contribution in [3.8, 4) is 11.4 Å². The Labute approximate surface area is 222 Å². The maximum Gasteiger partial charge on any atom is 0.318 e. The van der Waals surface area contributed by atoms with Gasteiger partial charge in [0.25, 0.3) is 0 Å². The van der Waals surface area contributed by atoms with E-state index in [1.807, 2.05) is 6.92 Å². The third kappa shape index (κ3) is 5.56. The molecule has 1 saturated heterocycles. The van der Waals surface area contributed by atoms with E-state index in [2.05, 4.69) is 15.5 Å². The summed E-state index contributed by atoms with van der Waals surface area (Å²) in [6.45, 7) is 7.04. The minimum Gasteiger partial charge on any atom is -0.377 e. The number of benzene rings is 2. The highest BCUT2D eigenvalue weighted by Gasteiger charge is 2.40. The number of nitrogens with one attached hydrogen (secondary N) is 2. The van der Waals surface area contributed by atoms with E-state index in [0.29, 0.717) is 53.4 Å². The molecule has 2 amide bonds. The molecule has 2 heterocycles.